The largest absolute Gasteiger partial charge is 0.494 e. The van der Waals surface area contributed by atoms with Gasteiger partial charge < -0.3 is 9.64 Å². The Morgan fingerprint density at radius 1 is 1.33 bits per heavy atom. The zero-order valence-electron chi connectivity index (χ0n) is 13.4. The third-order valence-corrected chi connectivity index (χ3v) is 3.36. The maximum absolute atomic E-state index is 13.6. The van der Waals surface area contributed by atoms with Gasteiger partial charge in [-0.25, -0.2) is 4.39 Å². The van der Waals surface area contributed by atoms with Crippen LogP contribution in [0.3, 0.4) is 0 Å². The summed E-state index contributed by atoms with van der Waals surface area (Å²) in [4.78, 5) is 15.7. The molecule has 0 radical (unpaired) electrons. The van der Waals surface area contributed by atoms with Gasteiger partial charge in [-0.2, -0.15) is 0 Å². The number of carbonyl (C=O) groups is 1. The Labute approximate surface area is 126 Å². The lowest BCUT2D eigenvalue weighted by molar-refractivity contribution is -0.131. The number of halogens is 1. The number of hydrogen-bond acceptors (Lipinski definition) is 3. The van der Waals surface area contributed by atoms with E-state index in [0.717, 1.165) is 24.9 Å². The fraction of sp³-hybridized carbons (Fsp3) is 0.562. The van der Waals surface area contributed by atoms with Gasteiger partial charge in [0, 0.05) is 13.6 Å². The van der Waals surface area contributed by atoms with Crippen LogP contribution in [0, 0.1) is 5.82 Å². The second kappa shape index (κ2) is 8.62. The predicted octanol–water partition coefficient (Wildman–Crippen LogP) is 2.52. The highest BCUT2D eigenvalue weighted by Gasteiger charge is 2.13. The minimum absolute atomic E-state index is 0.0322. The molecule has 0 aromatic heterocycles. The Hall–Kier alpha value is -1.62. The lowest BCUT2D eigenvalue weighted by atomic mass is 10.2. The molecule has 0 spiro atoms. The highest BCUT2D eigenvalue weighted by molar-refractivity contribution is 5.77. The molecule has 0 unspecified atom stereocenters. The molecule has 1 rings (SSSR count). The van der Waals surface area contributed by atoms with Crippen molar-refractivity contribution in [1.29, 1.82) is 0 Å². The molecule has 0 fully saturated rings. The zero-order chi connectivity index (χ0) is 15.8. The lowest BCUT2D eigenvalue weighted by Crippen LogP contribution is -2.36. The fourth-order valence-electron chi connectivity index (χ4n) is 2.03. The van der Waals surface area contributed by atoms with E-state index in [1.165, 1.54) is 13.2 Å². The molecule has 0 N–H and O–H groups in total. The highest BCUT2D eigenvalue weighted by Crippen LogP contribution is 2.18. The van der Waals surface area contributed by atoms with Crippen LogP contribution >= 0.6 is 0 Å². The summed E-state index contributed by atoms with van der Waals surface area (Å²) in [5.74, 6) is -0.159. The summed E-state index contributed by atoms with van der Waals surface area (Å²) < 4.78 is 18.5. The molecule has 1 aromatic carbocycles. The van der Waals surface area contributed by atoms with Gasteiger partial charge in [0.05, 0.1) is 13.7 Å². The Morgan fingerprint density at radius 2 is 2.05 bits per heavy atom. The number of benzene rings is 1. The summed E-state index contributed by atoms with van der Waals surface area (Å²) in [7, 11) is 5.10. The van der Waals surface area contributed by atoms with Crippen LogP contribution in [0.2, 0.25) is 0 Å². The number of rotatable bonds is 8. The van der Waals surface area contributed by atoms with Crippen molar-refractivity contribution in [2.75, 3.05) is 34.3 Å². The monoisotopic (exact) mass is 296 g/mol. The summed E-state index contributed by atoms with van der Waals surface area (Å²) >= 11 is 0. The molecule has 1 amide bonds. The van der Waals surface area contributed by atoms with Crippen LogP contribution in [0.1, 0.15) is 25.3 Å². The molecule has 0 aliphatic carbocycles. The van der Waals surface area contributed by atoms with E-state index in [0.29, 0.717) is 13.1 Å². The third kappa shape index (κ3) is 5.71. The van der Waals surface area contributed by atoms with Gasteiger partial charge in [0.15, 0.2) is 11.6 Å². The van der Waals surface area contributed by atoms with Gasteiger partial charge in [0.1, 0.15) is 0 Å². The zero-order valence-corrected chi connectivity index (χ0v) is 13.4. The van der Waals surface area contributed by atoms with Gasteiger partial charge in [-0.1, -0.05) is 19.4 Å². The smallest absolute Gasteiger partial charge is 0.236 e. The van der Waals surface area contributed by atoms with Crippen LogP contribution in [0.15, 0.2) is 18.2 Å². The summed E-state index contributed by atoms with van der Waals surface area (Å²) in [6, 6.07) is 4.76. The first kappa shape index (κ1) is 17.4. The maximum Gasteiger partial charge on any atom is 0.236 e. The van der Waals surface area contributed by atoms with E-state index in [1.54, 1.807) is 24.1 Å². The standard InChI is InChI=1S/C16H25FN2O2/c1-5-6-9-18(2)12-16(20)19(3)11-13-7-8-15(21-4)14(17)10-13/h7-8,10H,5-6,9,11-12H2,1-4H3. The summed E-state index contributed by atoms with van der Waals surface area (Å²) in [5.41, 5.74) is 0.750. The van der Waals surface area contributed by atoms with E-state index in [2.05, 4.69) is 6.92 Å². The van der Waals surface area contributed by atoms with E-state index < -0.39 is 5.82 Å². The van der Waals surface area contributed by atoms with Crippen molar-refractivity contribution in [3.8, 4) is 5.75 Å². The molecule has 0 saturated carbocycles. The SMILES string of the molecule is CCCCN(C)CC(=O)N(C)Cc1ccc(OC)c(F)c1. The van der Waals surface area contributed by atoms with E-state index in [-0.39, 0.29) is 11.7 Å². The third-order valence-electron chi connectivity index (χ3n) is 3.36. The maximum atomic E-state index is 13.6. The molecular formula is C16H25FN2O2. The second-order valence-corrected chi connectivity index (χ2v) is 5.31. The minimum atomic E-state index is -0.407. The molecule has 0 heterocycles. The van der Waals surface area contributed by atoms with Crippen LogP contribution in [-0.4, -0.2) is 50.0 Å². The Bertz CT molecular complexity index is 466. The van der Waals surface area contributed by atoms with E-state index in [9.17, 15) is 9.18 Å². The molecule has 5 heteroatoms. The lowest BCUT2D eigenvalue weighted by Gasteiger charge is -2.22. The summed E-state index contributed by atoms with van der Waals surface area (Å²) in [6.07, 6.45) is 2.19. The van der Waals surface area contributed by atoms with Gasteiger partial charge in [-0.3, -0.25) is 9.69 Å². The number of unbranched alkanes of at least 4 members (excludes halogenated alkanes) is 1. The highest BCUT2D eigenvalue weighted by atomic mass is 19.1. The molecule has 0 saturated heterocycles. The molecule has 4 nitrogen and oxygen atoms in total. The van der Waals surface area contributed by atoms with Crippen molar-refractivity contribution in [3.05, 3.63) is 29.6 Å². The molecule has 0 aliphatic rings. The van der Waals surface area contributed by atoms with Crippen LogP contribution < -0.4 is 4.74 Å². The number of methoxy groups -OCH3 is 1. The first-order valence-electron chi connectivity index (χ1n) is 7.22. The Morgan fingerprint density at radius 3 is 2.62 bits per heavy atom. The molecule has 0 aliphatic heterocycles. The topological polar surface area (TPSA) is 32.8 Å². The molecule has 118 valence electrons. The molecule has 0 atom stereocenters. The van der Waals surface area contributed by atoms with E-state index >= 15 is 0 Å². The first-order valence-corrected chi connectivity index (χ1v) is 7.22. The summed E-state index contributed by atoms with van der Waals surface area (Å²) in [5, 5.41) is 0. The van der Waals surface area contributed by atoms with Gasteiger partial charge in [0.25, 0.3) is 0 Å². The van der Waals surface area contributed by atoms with Crippen molar-refractivity contribution < 1.29 is 13.9 Å². The van der Waals surface area contributed by atoms with E-state index in [4.69, 9.17) is 4.74 Å². The normalized spacial score (nSPS) is 10.8. The number of amides is 1. The molecule has 1 aromatic rings. The minimum Gasteiger partial charge on any atom is -0.494 e. The average Bonchev–Trinajstić information content (AvgIpc) is 2.45. The Balaban J connectivity index is 2.53. The predicted molar refractivity (Wildman–Crippen MR) is 81.8 cm³/mol. The quantitative estimate of drug-likeness (QED) is 0.739. The van der Waals surface area contributed by atoms with Gasteiger partial charge in [-0.15, -0.1) is 0 Å². The number of nitrogens with zero attached hydrogens (tertiary/aromatic N) is 2. The van der Waals surface area contributed by atoms with Crippen LogP contribution in [0.25, 0.3) is 0 Å². The summed E-state index contributed by atoms with van der Waals surface area (Å²) in [6.45, 7) is 3.81. The van der Waals surface area contributed by atoms with Crippen LogP contribution in [0.5, 0.6) is 5.75 Å². The van der Waals surface area contributed by atoms with Gasteiger partial charge in [-0.05, 0) is 37.7 Å². The number of hydrogen-bond donors (Lipinski definition) is 0. The molecular weight excluding hydrogens is 271 g/mol. The van der Waals surface area contributed by atoms with Crippen molar-refractivity contribution in [2.24, 2.45) is 0 Å². The fourth-order valence-corrected chi connectivity index (χ4v) is 2.03. The van der Waals surface area contributed by atoms with Crippen molar-refractivity contribution in [2.45, 2.75) is 26.3 Å². The number of ether oxygens (including phenoxy) is 1. The Kier molecular flexibility index (Phi) is 7.15. The average molecular weight is 296 g/mol. The van der Waals surface area contributed by atoms with E-state index in [1.807, 2.05) is 11.9 Å². The van der Waals surface area contributed by atoms with Crippen LogP contribution in [-0.2, 0) is 11.3 Å². The number of likely N-dealkylation sites (N-methyl/N-ethyl adjacent to an activating group) is 2. The molecule has 0 bridgehead atoms. The van der Waals surface area contributed by atoms with Crippen LogP contribution in [0.4, 0.5) is 4.39 Å². The second-order valence-electron chi connectivity index (χ2n) is 5.31. The van der Waals surface area contributed by atoms with Crippen molar-refractivity contribution in [1.82, 2.24) is 9.80 Å². The first-order chi connectivity index (χ1) is 9.97. The van der Waals surface area contributed by atoms with Crippen molar-refractivity contribution >= 4 is 5.91 Å². The molecule has 21 heavy (non-hydrogen) atoms. The van der Waals surface area contributed by atoms with Gasteiger partial charge >= 0.3 is 0 Å². The number of carbonyl (C=O) groups excluding carboxylic acids is 1. The van der Waals surface area contributed by atoms with Crippen molar-refractivity contribution in [3.63, 3.8) is 0 Å². The van der Waals surface area contributed by atoms with Gasteiger partial charge in [0.2, 0.25) is 5.91 Å².